The zero-order valence-corrected chi connectivity index (χ0v) is 24.9. The van der Waals surface area contributed by atoms with Gasteiger partial charge in [-0.3, -0.25) is 9.59 Å². The molecule has 220 valence electrons. The molecule has 1 heterocycles. The minimum absolute atomic E-state index is 0.0119. The van der Waals surface area contributed by atoms with E-state index >= 15 is 0 Å². The fraction of sp³-hybridized carbons (Fsp3) is 0.314. The summed E-state index contributed by atoms with van der Waals surface area (Å²) in [4.78, 5) is 31.1. The lowest BCUT2D eigenvalue weighted by Crippen LogP contribution is -2.43. The molecule has 0 aliphatic rings. The third-order valence-electron chi connectivity index (χ3n) is 7.31. The first-order valence-electron chi connectivity index (χ1n) is 14.5. The maximum atomic E-state index is 14.0. The summed E-state index contributed by atoms with van der Waals surface area (Å²) in [6, 6.07) is 29.1. The number of hydrogen-bond donors (Lipinski definition) is 0. The van der Waals surface area contributed by atoms with Gasteiger partial charge in [0.25, 0.3) is 5.91 Å². The Balaban J connectivity index is 1.56. The SMILES string of the molecule is CCCCCN(CC(=O)N(Cc1ccccc1)Cc1cccn1Cc1cccc(OC)c1)C(=O)c1ccc(OC)cc1. The molecular weight excluding hydrogens is 526 g/mol. The van der Waals surface area contributed by atoms with Gasteiger partial charge in [0.1, 0.15) is 18.0 Å². The van der Waals surface area contributed by atoms with Crippen molar-refractivity contribution in [3.8, 4) is 11.5 Å². The number of carbonyl (C=O) groups is 2. The first kappa shape index (κ1) is 30.4. The second kappa shape index (κ2) is 15.5. The van der Waals surface area contributed by atoms with Crippen molar-refractivity contribution in [2.24, 2.45) is 0 Å². The Kier molecular flexibility index (Phi) is 11.2. The quantitative estimate of drug-likeness (QED) is 0.156. The Morgan fingerprint density at radius 3 is 2.19 bits per heavy atom. The Morgan fingerprint density at radius 2 is 1.48 bits per heavy atom. The molecule has 1 aromatic heterocycles. The van der Waals surface area contributed by atoms with Crippen LogP contribution in [0.3, 0.4) is 0 Å². The Labute approximate surface area is 249 Å². The van der Waals surface area contributed by atoms with E-state index in [4.69, 9.17) is 9.47 Å². The average Bonchev–Trinajstić information content (AvgIpc) is 3.46. The predicted octanol–water partition coefficient (Wildman–Crippen LogP) is 6.42. The van der Waals surface area contributed by atoms with Crippen LogP contribution >= 0.6 is 0 Å². The summed E-state index contributed by atoms with van der Waals surface area (Å²) in [7, 11) is 3.26. The van der Waals surface area contributed by atoms with Crippen molar-refractivity contribution in [2.45, 2.75) is 45.8 Å². The van der Waals surface area contributed by atoms with E-state index < -0.39 is 0 Å². The highest BCUT2D eigenvalue weighted by molar-refractivity contribution is 5.96. The van der Waals surface area contributed by atoms with Crippen LogP contribution in [-0.4, -0.2) is 53.5 Å². The van der Waals surface area contributed by atoms with Crippen LogP contribution < -0.4 is 9.47 Å². The Hall–Kier alpha value is -4.52. The van der Waals surface area contributed by atoms with Crippen molar-refractivity contribution in [3.63, 3.8) is 0 Å². The van der Waals surface area contributed by atoms with Crippen LogP contribution in [0, 0.1) is 0 Å². The van der Waals surface area contributed by atoms with Gasteiger partial charge in [0.2, 0.25) is 5.91 Å². The van der Waals surface area contributed by atoms with E-state index in [1.807, 2.05) is 71.8 Å². The number of ether oxygens (including phenoxy) is 2. The second-order valence-electron chi connectivity index (χ2n) is 10.4. The minimum atomic E-state index is -0.150. The number of nitrogens with zero attached hydrogens (tertiary/aromatic N) is 3. The highest BCUT2D eigenvalue weighted by Gasteiger charge is 2.23. The van der Waals surface area contributed by atoms with Crippen LogP contribution in [0.2, 0.25) is 0 Å². The molecule has 0 spiro atoms. The van der Waals surface area contributed by atoms with Gasteiger partial charge in [0.05, 0.1) is 20.8 Å². The monoisotopic (exact) mass is 567 g/mol. The van der Waals surface area contributed by atoms with Crippen molar-refractivity contribution in [3.05, 3.63) is 120 Å². The molecule has 2 amide bonds. The van der Waals surface area contributed by atoms with Crippen LogP contribution in [-0.2, 0) is 24.4 Å². The highest BCUT2D eigenvalue weighted by Crippen LogP contribution is 2.18. The molecule has 0 N–H and O–H groups in total. The third kappa shape index (κ3) is 8.49. The molecule has 0 unspecified atom stereocenters. The van der Waals surface area contributed by atoms with Gasteiger partial charge in [0.15, 0.2) is 0 Å². The minimum Gasteiger partial charge on any atom is -0.497 e. The van der Waals surface area contributed by atoms with Gasteiger partial charge in [-0.25, -0.2) is 0 Å². The molecule has 3 aromatic carbocycles. The molecule has 0 fully saturated rings. The smallest absolute Gasteiger partial charge is 0.254 e. The van der Waals surface area contributed by atoms with Crippen molar-refractivity contribution in [1.29, 1.82) is 0 Å². The molecule has 4 aromatic rings. The molecule has 0 saturated carbocycles. The zero-order chi connectivity index (χ0) is 29.7. The number of aromatic nitrogens is 1. The zero-order valence-electron chi connectivity index (χ0n) is 24.9. The van der Waals surface area contributed by atoms with Crippen LogP contribution in [0.5, 0.6) is 11.5 Å². The summed E-state index contributed by atoms with van der Waals surface area (Å²) >= 11 is 0. The number of hydrogen-bond acceptors (Lipinski definition) is 4. The van der Waals surface area contributed by atoms with E-state index in [-0.39, 0.29) is 18.4 Å². The Morgan fingerprint density at radius 1 is 0.738 bits per heavy atom. The number of amides is 2. The van der Waals surface area contributed by atoms with Gasteiger partial charge in [-0.1, -0.05) is 62.2 Å². The van der Waals surface area contributed by atoms with Gasteiger partial charge in [-0.2, -0.15) is 0 Å². The molecule has 0 aliphatic heterocycles. The summed E-state index contributed by atoms with van der Waals surface area (Å²) < 4.78 is 12.8. The van der Waals surface area contributed by atoms with Crippen LogP contribution in [0.25, 0.3) is 0 Å². The first-order valence-corrected chi connectivity index (χ1v) is 14.5. The van der Waals surface area contributed by atoms with Crippen molar-refractivity contribution >= 4 is 11.8 Å². The lowest BCUT2D eigenvalue weighted by Gasteiger charge is -2.28. The van der Waals surface area contributed by atoms with Crippen molar-refractivity contribution in [1.82, 2.24) is 14.4 Å². The van der Waals surface area contributed by atoms with Crippen molar-refractivity contribution < 1.29 is 19.1 Å². The molecule has 4 rings (SSSR count). The largest absolute Gasteiger partial charge is 0.497 e. The fourth-order valence-electron chi connectivity index (χ4n) is 4.93. The molecule has 0 atom stereocenters. The number of rotatable bonds is 15. The standard InChI is InChI=1S/C35H41N3O4/c1-4-5-9-21-37(35(40)30-17-19-32(41-2)20-18-30)27-34(39)38(24-28-12-7-6-8-13-28)26-31-15-11-22-36(31)25-29-14-10-16-33(23-29)42-3/h6-8,10-20,22-23H,4-5,9,21,24-27H2,1-3H3. The van der Waals surface area contributed by atoms with E-state index in [0.29, 0.717) is 37.5 Å². The molecule has 0 aliphatic carbocycles. The van der Waals surface area contributed by atoms with Crippen LogP contribution in [0.1, 0.15) is 53.4 Å². The highest BCUT2D eigenvalue weighted by atomic mass is 16.5. The molecule has 0 saturated heterocycles. The van der Waals surface area contributed by atoms with E-state index in [0.717, 1.165) is 41.8 Å². The lowest BCUT2D eigenvalue weighted by atomic mass is 10.1. The van der Waals surface area contributed by atoms with E-state index in [1.54, 1.807) is 43.4 Å². The summed E-state index contributed by atoms with van der Waals surface area (Å²) in [6.45, 7) is 4.19. The van der Waals surface area contributed by atoms with Crippen LogP contribution in [0.4, 0.5) is 0 Å². The van der Waals surface area contributed by atoms with Gasteiger partial charge >= 0.3 is 0 Å². The fourth-order valence-corrected chi connectivity index (χ4v) is 4.93. The van der Waals surface area contributed by atoms with E-state index in [9.17, 15) is 9.59 Å². The van der Waals surface area contributed by atoms with Crippen molar-refractivity contribution in [2.75, 3.05) is 27.3 Å². The van der Waals surface area contributed by atoms with Gasteiger partial charge in [-0.05, 0) is 66.1 Å². The maximum absolute atomic E-state index is 14.0. The molecule has 42 heavy (non-hydrogen) atoms. The topological polar surface area (TPSA) is 64.0 Å². The second-order valence-corrected chi connectivity index (χ2v) is 10.4. The number of carbonyl (C=O) groups excluding carboxylic acids is 2. The maximum Gasteiger partial charge on any atom is 0.254 e. The lowest BCUT2D eigenvalue weighted by molar-refractivity contribution is -0.133. The van der Waals surface area contributed by atoms with E-state index in [2.05, 4.69) is 17.6 Å². The molecule has 7 heteroatoms. The van der Waals surface area contributed by atoms with Gasteiger partial charge in [-0.15, -0.1) is 0 Å². The molecular formula is C35H41N3O4. The van der Waals surface area contributed by atoms with Crippen LogP contribution in [0.15, 0.2) is 97.2 Å². The molecule has 7 nitrogen and oxygen atoms in total. The summed E-state index contributed by atoms with van der Waals surface area (Å²) in [5, 5.41) is 0. The normalized spacial score (nSPS) is 10.7. The Bertz CT molecular complexity index is 1420. The number of benzene rings is 3. The summed E-state index contributed by atoms with van der Waals surface area (Å²) in [5.74, 6) is 1.26. The third-order valence-corrected chi connectivity index (χ3v) is 7.31. The number of methoxy groups -OCH3 is 2. The summed E-state index contributed by atoms with van der Waals surface area (Å²) in [5.41, 5.74) is 3.71. The van der Waals surface area contributed by atoms with Gasteiger partial charge in [0, 0.05) is 37.1 Å². The van der Waals surface area contributed by atoms with Gasteiger partial charge < -0.3 is 23.8 Å². The molecule has 0 bridgehead atoms. The average molecular weight is 568 g/mol. The summed E-state index contributed by atoms with van der Waals surface area (Å²) in [6.07, 6.45) is 4.90. The number of unbranched alkanes of at least 4 members (excludes halogenated alkanes) is 2. The van der Waals surface area contributed by atoms with E-state index in [1.165, 1.54) is 0 Å². The first-order chi connectivity index (χ1) is 20.5. The molecule has 0 radical (unpaired) electrons. The predicted molar refractivity (Wildman–Crippen MR) is 166 cm³/mol.